The molecule has 9 heteroatoms. The molecule has 0 spiro atoms. The number of halogens is 1. The highest BCUT2D eigenvalue weighted by Crippen LogP contribution is 2.24. The van der Waals surface area contributed by atoms with Gasteiger partial charge in [-0.2, -0.15) is 14.6 Å². The molecule has 0 amide bonds. The number of anilines is 1. The first kappa shape index (κ1) is 17.0. The Balaban J connectivity index is 1.56. The van der Waals surface area contributed by atoms with E-state index in [0.29, 0.717) is 23.3 Å². The summed E-state index contributed by atoms with van der Waals surface area (Å²) in [4.78, 5) is 15.1. The predicted octanol–water partition coefficient (Wildman–Crippen LogP) is 2.37. The van der Waals surface area contributed by atoms with Gasteiger partial charge in [0.1, 0.15) is 18.2 Å². The molecule has 4 heterocycles. The largest absolute Gasteiger partial charge is 0.472 e. The van der Waals surface area contributed by atoms with Gasteiger partial charge in [-0.15, -0.1) is 0 Å². The normalized spacial score (nSPS) is 17.6. The van der Waals surface area contributed by atoms with Crippen molar-refractivity contribution < 1.29 is 9.47 Å². The second-order valence-electron chi connectivity index (χ2n) is 6.15. The van der Waals surface area contributed by atoms with Crippen LogP contribution in [0, 0.1) is 0 Å². The molecular formula is C17H19ClN6O2. The molecule has 0 aromatic carbocycles. The number of methoxy groups -OCH3 is 1. The van der Waals surface area contributed by atoms with Crippen LogP contribution in [0.5, 0.6) is 5.88 Å². The Hall–Kier alpha value is -2.45. The molecule has 4 rings (SSSR count). The molecule has 1 aliphatic heterocycles. The smallest absolute Gasteiger partial charge is 0.254 e. The van der Waals surface area contributed by atoms with Crippen molar-refractivity contribution in [3.8, 4) is 5.88 Å². The van der Waals surface area contributed by atoms with Crippen LogP contribution in [0.15, 0.2) is 30.7 Å². The highest BCUT2D eigenvalue weighted by Gasteiger charge is 2.24. The number of pyridine rings is 1. The lowest BCUT2D eigenvalue weighted by Gasteiger charge is -2.34. The van der Waals surface area contributed by atoms with E-state index < -0.39 is 0 Å². The Morgan fingerprint density at radius 3 is 3.04 bits per heavy atom. The van der Waals surface area contributed by atoms with E-state index in [4.69, 9.17) is 21.1 Å². The number of piperidine rings is 1. The Morgan fingerprint density at radius 2 is 2.23 bits per heavy atom. The van der Waals surface area contributed by atoms with Crippen LogP contribution in [0.4, 0.5) is 5.82 Å². The minimum Gasteiger partial charge on any atom is -0.472 e. The molecule has 0 N–H and O–H groups in total. The maximum atomic E-state index is 6.04. The van der Waals surface area contributed by atoms with E-state index in [2.05, 4.69) is 25.0 Å². The summed E-state index contributed by atoms with van der Waals surface area (Å²) in [5.74, 6) is 2.09. The lowest BCUT2D eigenvalue weighted by atomic mass is 10.1. The van der Waals surface area contributed by atoms with Crippen molar-refractivity contribution in [2.45, 2.75) is 25.6 Å². The van der Waals surface area contributed by atoms with Crippen molar-refractivity contribution >= 4 is 23.2 Å². The van der Waals surface area contributed by atoms with Crippen molar-refractivity contribution in [3.63, 3.8) is 0 Å². The summed E-state index contributed by atoms with van der Waals surface area (Å²) in [6.45, 7) is 2.08. The minimum atomic E-state index is 0.0371. The molecule has 0 saturated carbocycles. The summed E-state index contributed by atoms with van der Waals surface area (Å²) in [5, 5.41) is 4.90. The van der Waals surface area contributed by atoms with Crippen LogP contribution >= 0.6 is 11.6 Å². The van der Waals surface area contributed by atoms with Crippen molar-refractivity contribution in [1.82, 2.24) is 24.6 Å². The first-order valence-electron chi connectivity index (χ1n) is 8.44. The zero-order valence-electron chi connectivity index (χ0n) is 14.4. The highest BCUT2D eigenvalue weighted by molar-refractivity contribution is 6.30. The number of nitrogens with zero attached hydrogens (tertiary/aromatic N) is 6. The summed E-state index contributed by atoms with van der Waals surface area (Å²) < 4.78 is 13.0. The standard InChI is InChI=1S/C17H19ClN6O2/c1-25-10-13-7-16(24-17(22-13)20-11-21-24)23-6-2-3-14(9-23)26-15-5-4-12(18)8-19-15/h4-5,7-8,11,14H,2-3,6,9-10H2,1H3. The third-order valence-corrected chi connectivity index (χ3v) is 4.49. The maximum absolute atomic E-state index is 6.04. The van der Waals surface area contributed by atoms with Crippen molar-refractivity contribution in [2.24, 2.45) is 0 Å². The van der Waals surface area contributed by atoms with Crippen LogP contribution in [0.3, 0.4) is 0 Å². The van der Waals surface area contributed by atoms with Gasteiger partial charge in [-0.25, -0.2) is 9.97 Å². The van der Waals surface area contributed by atoms with E-state index in [1.807, 2.05) is 6.07 Å². The Bertz CT molecular complexity index is 885. The van der Waals surface area contributed by atoms with Gasteiger partial charge in [0.25, 0.3) is 5.78 Å². The van der Waals surface area contributed by atoms with Crippen molar-refractivity contribution in [3.05, 3.63) is 41.4 Å². The molecule has 1 aliphatic rings. The van der Waals surface area contributed by atoms with E-state index in [9.17, 15) is 0 Å². The monoisotopic (exact) mass is 374 g/mol. The van der Waals surface area contributed by atoms with Crippen molar-refractivity contribution in [2.75, 3.05) is 25.1 Å². The zero-order valence-corrected chi connectivity index (χ0v) is 15.1. The molecule has 8 nitrogen and oxygen atoms in total. The quantitative estimate of drug-likeness (QED) is 0.678. The number of hydrogen-bond acceptors (Lipinski definition) is 7. The number of fused-ring (bicyclic) bond motifs is 1. The van der Waals surface area contributed by atoms with E-state index in [-0.39, 0.29) is 6.10 Å². The molecule has 1 saturated heterocycles. The fraction of sp³-hybridized carbons (Fsp3) is 0.412. The number of hydrogen-bond donors (Lipinski definition) is 0. The maximum Gasteiger partial charge on any atom is 0.254 e. The SMILES string of the molecule is COCc1cc(N2CCCC(Oc3ccc(Cl)cn3)C2)n2ncnc2n1. The molecule has 0 bridgehead atoms. The highest BCUT2D eigenvalue weighted by atomic mass is 35.5. The summed E-state index contributed by atoms with van der Waals surface area (Å²) in [6.07, 6.45) is 5.12. The van der Waals surface area contributed by atoms with Crippen LogP contribution in [0.2, 0.25) is 5.02 Å². The summed E-state index contributed by atoms with van der Waals surface area (Å²) >= 11 is 5.88. The third-order valence-electron chi connectivity index (χ3n) is 4.27. The van der Waals surface area contributed by atoms with Gasteiger partial charge in [0.15, 0.2) is 0 Å². The van der Waals surface area contributed by atoms with Gasteiger partial charge in [0.05, 0.1) is 23.9 Å². The van der Waals surface area contributed by atoms with Crippen LogP contribution in [0.25, 0.3) is 5.78 Å². The predicted molar refractivity (Wildman–Crippen MR) is 96.6 cm³/mol. The lowest BCUT2D eigenvalue weighted by molar-refractivity contribution is 0.171. The molecule has 26 heavy (non-hydrogen) atoms. The van der Waals surface area contributed by atoms with Gasteiger partial charge in [0, 0.05) is 32.0 Å². The van der Waals surface area contributed by atoms with E-state index in [1.165, 1.54) is 6.33 Å². The molecule has 1 unspecified atom stereocenters. The third kappa shape index (κ3) is 3.56. The van der Waals surface area contributed by atoms with Crippen molar-refractivity contribution in [1.29, 1.82) is 0 Å². The second kappa shape index (κ2) is 7.43. The summed E-state index contributed by atoms with van der Waals surface area (Å²) in [5.41, 5.74) is 0.824. The lowest BCUT2D eigenvalue weighted by Crippen LogP contribution is -2.42. The number of ether oxygens (including phenoxy) is 2. The Morgan fingerprint density at radius 1 is 1.31 bits per heavy atom. The van der Waals surface area contributed by atoms with Gasteiger partial charge in [-0.3, -0.25) is 0 Å². The van der Waals surface area contributed by atoms with E-state index >= 15 is 0 Å². The molecule has 136 valence electrons. The summed E-state index contributed by atoms with van der Waals surface area (Å²) in [7, 11) is 1.65. The second-order valence-corrected chi connectivity index (χ2v) is 6.59. The van der Waals surface area contributed by atoms with Crippen LogP contribution in [-0.2, 0) is 11.3 Å². The molecule has 1 fully saturated rings. The fourth-order valence-corrected chi connectivity index (χ4v) is 3.25. The van der Waals surface area contributed by atoms with E-state index in [1.54, 1.807) is 30.0 Å². The van der Waals surface area contributed by atoms with Crippen LogP contribution in [0.1, 0.15) is 18.5 Å². The van der Waals surface area contributed by atoms with Crippen LogP contribution in [-0.4, -0.2) is 50.9 Å². The van der Waals surface area contributed by atoms with Gasteiger partial charge in [-0.05, 0) is 18.9 Å². The van der Waals surface area contributed by atoms with Gasteiger partial charge in [-0.1, -0.05) is 11.6 Å². The minimum absolute atomic E-state index is 0.0371. The van der Waals surface area contributed by atoms with Gasteiger partial charge >= 0.3 is 0 Å². The Kier molecular flexibility index (Phi) is 4.85. The average Bonchev–Trinajstić information content (AvgIpc) is 3.12. The number of rotatable bonds is 5. The zero-order chi connectivity index (χ0) is 17.9. The first-order valence-corrected chi connectivity index (χ1v) is 8.82. The molecule has 0 radical (unpaired) electrons. The topological polar surface area (TPSA) is 77.7 Å². The van der Waals surface area contributed by atoms with Crippen LogP contribution < -0.4 is 9.64 Å². The molecular weight excluding hydrogens is 356 g/mol. The average molecular weight is 375 g/mol. The van der Waals surface area contributed by atoms with Gasteiger partial charge in [0.2, 0.25) is 5.88 Å². The van der Waals surface area contributed by atoms with E-state index in [0.717, 1.165) is 37.4 Å². The van der Waals surface area contributed by atoms with Gasteiger partial charge < -0.3 is 14.4 Å². The summed E-state index contributed by atoms with van der Waals surface area (Å²) in [6, 6.07) is 5.57. The molecule has 0 aliphatic carbocycles. The first-order chi connectivity index (χ1) is 12.7. The molecule has 1 atom stereocenters. The molecule has 3 aromatic heterocycles. The molecule has 3 aromatic rings. The fourth-order valence-electron chi connectivity index (χ4n) is 3.14. The number of aromatic nitrogens is 5. The Labute approximate surface area is 155 Å².